The van der Waals surface area contributed by atoms with Crippen LogP contribution in [0.25, 0.3) is 0 Å². The summed E-state index contributed by atoms with van der Waals surface area (Å²) in [4.78, 5) is 28.7. The van der Waals surface area contributed by atoms with E-state index in [1.807, 2.05) is 11.0 Å². The smallest absolute Gasteiger partial charge is 0.251 e. The Morgan fingerprint density at radius 1 is 1.04 bits per heavy atom. The zero-order chi connectivity index (χ0) is 19.2. The van der Waals surface area contributed by atoms with Gasteiger partial charge in [-0.15, -0.1) is 0 Å². The van der Waals surface area contributed by atoms with E-state index >= 15 is 0 Å². The van der Waals surface area contributed by atoms with Crippen molar-refractivity contribution < 1.29 is 9.59 Å². The summed E-state index contributed by atoms with van der Waals surface area (Å²) >= 11 is 5.89. The number of nitrogens with one attached hydrogen (secondary N) is 1. The van der Waals surface area contributed by atoms with Gasteiger partial charge < -0.3 is 10.2 Å². The van der Waals surface area contributed by atoms with E-state index in [9.17, 15) is 9.59 Å². The molecule has 0 aromatic heterocycles. The molecule has 0 bridgehead atoms. The van der Waals surface area contributed by atoms with E-state index in [4.69, 9.17) is 11.6 Å². The Morgan fingerprint density at radius 3 is 2.48 bits per heavy atom. The van der Waals surface area contributed by atoms with Crippen molar-refractivity contribution in [1.82, 2.24) is 15.1 Å². The van der Waals surface area contributed by atoms with E-state index in [2.05, 4.69) is 35.3 Å². The second-order valence-electron chi connectivity index (χ2n) is 6.78. The lowest BCUT2D eigenvalue weighted by atomic mass is 10.1. The molecule has 1 N–H and O–H groups in total. The molecule has 0 radical (unpaired) electrons. The van der Waals surface area contributed by atoms with E-state index in [1.54, 1.807) is 24.3 Å². The van der Waals surface area contributed by atoms with E-state index in [0.717, 1.165) is 19.6 Å². The van der Waals surface area contributed by atoms with Crippen molar-refractivity contribution in [2.24, 2.45) is 0 Å². The van der Waals surface area contributed by atoms with Crippen molar-refractivity contribution in [3.05, 3.63) is 70.2 Å². The van der Waals surface area contributed by atoms with Gasteiger partial charge in [0.1, 0.15) is 0 Å². The minimum Gasteiger partial charge on any atom is -0.343 e. The second-order valence-corrected chi connectivity index (χ2v) is 7.21. The third kappa shape index (κ3) is 5.31. The van der Waals surface area contributed by atoms with Gasteiger partial charge in [0.25, 0.3) is 5.91 Å². The molecule has 5 nitrogen and oxygen atoms in total. The average Bonchev–Trinajstić information content (AvgIpc) is 2.68. The molecule has 1 fully saturated rings. The van der Waals surface area contributed by atoms with E-state index in [-0.39, 0.29) is 18.4 Å². The van der Waals surface area contributed by atoms with Gasteiger partial charge in [-0.05, 0) is 36.2 Å². The third-order valence-electron chi connectivity index (χ3n) is 4.87. The lowest BCUT2D eigenvalue weighted by molar-refractivity contribution is -0.131. The van der Waals surface area contributed by atoms with Crippen LogP contribution in [-0.4, -0.2) is 54.3 Å². The predicted molar refractivity (Wildman–Crippen MR) is 107 cm³/mol. The van der Waals surface area contributed by atoms with Gasteiger partial charge in [0.2, 0.25) is 5.91 Å². The quantitative estimate of drug-likeness (QED) is 0.861. The topological polar surface area (TPSA) is 52.6 Å². The van der Waals surface area contributed by atoms with Gasteiger partial charge >= 0.3 is 0 Å². The first-order valence-corrected chi connectivity index (χ1v) is 9.49. The summed E-state index contributed by atoms with van der Waals surface area (Å²) < 4.78 is 0. The van der Waals surface area contributed by atoms with Gasteiger partial charge in [-0.3, -0.25) is 14.5 Å². The van der Waals surface area contributed by atoms with Gasteiger partial charge in [-0.1, -0.05) is 41.9 Å². The van der Waals surface area contributed by atoms with Gasteiger partial charge in [0.05, 0.1) is 6.54 Å². The molecule has 0 atom stereocenters. The number of amides is 2. The van der Waals surface area contributed by atoms with Crippen molar-refractivity contribution in [1.29, 1.82) is 0 Å². The molecule has 0 spiro atoms. The van der Waals surface area contributed by atoms with E-state index in [1.165, 1.54) is 11.1 Å². The number of hydrogen-bond acceptors (Lipinski definition) is 3. The Bertz CT molecular complexity index is 817. The lowest BCUT2D eigenvalue weighted by Gasteiger charge is -2.35. The van der Waals surface area contributed by atoms with Crippen molar-refractivity contribution in [3.8, 4) is 0 Å². The van der Waals surface area contributed by atoms with Crippen molar-refractivity contribution in [2.75, 3.05) is 32.7 Å². The standard InChI is InChI=1S/C21H24ClN3O2/c1-16-5-2-3-6-18(16)15-24-9-11-25(12-10-24)20(26)14-23-21(27)17-7-4-8-19(22)13-17/h2-8,13H,9-12,14-15H2,1H3,(H,23,27). The number of carbonyl (C=O) groups is 2. The molecule has 2 amide bonds. The van der Waals surface area contributed by atoms with Crippen LogP contribution in [0.1, 0.15) is 21.5 Å². The van der Waals surface area contributed by atoms with Crippen molar-refractivity contribution >= 4 is 23.4 Å². The van der Waals surface area contributed by atoms with Crippen LogP contribution >= 0.6 is 11.6 Å². The molecular formula is C21H24ClN3O2. The summed E-state index contributed by atoms with van der Waals surface area (Å²) in [6.07, 6.45) is 0. The highest BCUT2D eigenvalue weighted by Crippen LogP contribution is 2.13. The normalized spacial score (nSPS) is 14.8. The fourth-order valence-corrected chi connectivity index (χ4v) is 3.37. The maximum absolute atomic E-state index is 12.4. The van der Waals surface area contributed by atoms with Crippen LogP contribution < -0.4 is 5.32 Å². The number of halogens is 1. The zero-order valence-corrected chi connectivity index (χ0v) is 16.2. The summed E-state index contributed by atoms with van der Waals surface area (Å²) in [7, 11) is 0. The highest BCUT2D eigenvalue weighted by molar-refractivity contribution is 6.30. The van der Waals surface area contributed by atoms with Crippen molar-refractivity contribution in [2.45, 2.75) is 13.5 Å². The Balaban J connectivity index is 1.44. The summed E-state index contributed by atoms with van der Waals surface area (Å²) in [5.74, 6) is -0.343. The van der Waals surface area contributed by atoms with Crippen LogP contribution in [0.4, 0.5) is 0 Å². The molecule has 0 unspecified atom stereocenters. The molecular weight excluding hydrogens is 362 g/mol. The summed E-state index contributed by atoms with van der Waals surface area (Å²) in [5, 5.41) is 3.18. The number of rotatable bonds is 5. The maximum atomic E-state index is 12.4. The molecule has 2 aromatic rings. The highest BCUT2D eigenvalue weighted by atomic mass is 35.5. The monoisotopic (exact) mass is 385 g/mol. The van der Waals surface area contributed by atoms with Gasteiger partial charge in [0.15, 0.2) is 0 Å². The van der Waals surface area contributed by atoms with Gasteiger partial charge in [-0.25, -0.2) is 0 Å². The SMILES string of the molecule is Cc1ccccc1CN1CCN(C(=O)CNC(=O)c2cccc(Cl)c2)CC1. The minimum absolute atomic E-state index is 0.00312. The molecule has 27 heavy (non-hydrogen) atoms. The first kappa shape index (κ1) is 19.4. The van der Waals surface area contributed by atoms with Crippen molar-refractivity contribution in [3.63, 3.8) is 0 Å². The minimum atomic E-state index is -0.288. The molecule has 0 aliphatic carbocycles. The molecule has 1 heterocycles. The Labute approximate surface area is 164 Å². The first-order valence-electron chi connectivity index (χ1n) is 9.11. The third-order valence-corrected chi connectivity index (χ3v) is 5.10. The molecule has 3 rings (SSSR count). The number of nitrogens with zero attached hydrogens (tertiary/aromatic N) is 2. The fraction of sp³-hybridized carbons (Fsp3) is 0.333. The van der Waals surface area contributed by atoms with Crippen LogP contribution in [0.3, 0.4) is 0 Å². The summed E-state index contributed by atoms with van der Waals surface area (Å²) in [6, 6.07) is 15.1. The Morgan fingerprint density at radius 2 is 1.78 bits per heavy atom. The first-order chi connectivity index (χ1) is 13.0. The average molecular weight is 386 g/mol. The number of benzene rings is 2. The van der Waals surface area contributed by atoms with Crippen LogP contribution in [0, 0.1) is 6.92 Å². The van der Waals surface area contributed by atoms with Crippen LogP contribution in [-0.2, 0) is 11.3 Å². The largest absolute Gasteiger partial charge is 0.343 e. The Hall–Kier alpha value is -2.37. The maximum Gasteiger partial charge on any atom is 0.251 e. The lowest BCUT2D eigenvalue weighted by Crippen LogP contribution is -2.50. The summed E-state index contributed by atoms with van der Waals surface area (Å²) in [6.45, 7) is 6.06. The number of carbonyl (C=O) groups excluding carboxylic acids is 2. The molecule has 1 saturated heterocycles. The predicted octanol–water partition coefficient (Wildman–Crippen LogP) is 2.72. The van der Waals surface area contributed by atoms with Gasteiger partial charge in [-0.2, -0.15) is 0 Å². The summed E-state index contributed by atoms with van der Waals surface area (Å²) in [5.41, 5.74) is 3.07. The fourth-order valence-electron chi connectivity index (χ4n) is 3.18. The van der Waals surface area contributed by atoms with Crippen LogP contribution in [0.15, 0.2) is 48.5 Å². The number of aryl methyl sites for hydroxylation is 1. The van der Waals surface area contributed by atoms with Crippen LogP contribution in [0.2, 0.25) is 5.02 Å². The molecule has 1 aliphatic heterocycles. The Kier molecular flexibility index (Phi) is 6.48. The molecule has 142 valence electrons. The molecule has 6 heteroatoms. The molecule has 1 aliphatic rings. The number of piperazine rings is 1. The number of hydrogen-bond donors (Lipinski definition) is 1. The molecule has 0 saturated carbocycles. The highest BCUT2D eigenvalue weighted by Gasteiger charge is 2.21. The zero-order valence-electron chi connectivity index (χ0n) is 15.5. The molecule has 2 aromatic carbocycles. The second kappa shape index (κ2) is 9.02. The van der Waals surface area contributed by atoms with E-state index in [0.29, 0.717) is 23.7 Å². The van der Waals surface area contributed by atoms with E-state index < -0.39 is 0 Å². The van der Waals surface area contributed by atoms with Crippen LogP contribution in [0.5, 0.6) is 0 Å². The van der Waals surface area contributed by atoms with Gasteiger partial charge in [0, 0.05) is 43.3 Å².